The van der Waals surface area contributed by atoms with E-state index in [-0.39, 0.29) is 5.91 Å². The predicted octanol–water partition coefficient (Wildman–Crippen LogP) is 2.00. The number of carbonyl (C=O) groups excluding carboxylic acids is 1. The first kappa shape index (κ1) is 13.8. The fourth-order valence-corrected chi connectivity index (χ4v) is 2.87. The standard InChI is InChI=1S/C17H17N5O/c23-17-14-13(7-4-8-19-17)20-15(21-14)16-18-9-10-22(16)11-12-5-2-1-3-6-12/h1-3,5-6,9-10H,4,7-8,11H2,(H,19,23)(H,20,21). The van der Waals surface area contributed by atoms with Crippen molar-refractivity contribution in [3.8, 4) is 11.6 Å². The highest BCUT2D eigenvalue weighted by Crippen LogP contribution is 2.20. The molecule has 0 fully saturated rings. The molecule has 0 bridgehead atoms. The van der Waals surface area contributed by atoms with Gasteiger partial charge in [-0.1, -0.05) is 30.3 Å². The number of fused-ring (bicyclic) bond motifs is 1. The molecule has 2 aromatic heterocycles. The second kappa shape index (κ2) is 5.72. The molecular formula is C17H17N5O. The Kier molecular flexibility index (Phi) is 3.42. The number of nitrogens with zero attached hydrogens (tertiary/aromatic N) is 3. The molecule has 3 aromatic rings. The molecule has 1 aliphatic heterocycles. The summed E-state index contributed by atoms with van der Waals surface area (Å²) in [7, 11) is 0. The van der Waals surface area contributed by atoms with Crippen LogP contribution in [-0.4, -0.2) is 32.0 Å². The van der Waals surface area contributed by atoms with Gasteiger partial charge in [0.15, 0.2) is 11.6 Å². The van der Waals surface area contributed by atoms with E-state index in [0.717, 1.165) is 24.4 Å². The highest BCUT2D eigenvalue weighted by Gasteiger charge is 2.22. The SMILES string of the molecule is O=C1NCCCc2[nH]c(-c3nccn3Cc3ccccc3)nc21. The molecule has 0 radical (unpaired) electrons. The van der Waals surface area contributed by atoms with Crippen LogP contribution in [-0.2, 0) is 13.0 Å². The summed E-state index contributed by atoms with van der Waals surface area (Å²) in [6.45, 7) is 1.41. The van der Waals surface area contributed by atoms with Gasteiger partial charge in [0.1, 0.15) is 5.69 Å². The van der Waals surface area contributed by atoms with Crippen LogP contribution in [0.4, 0.5) is 0 Å². The molecule has 2 N–H and O–H groups in total. The number of benzene rings is 1. The molecule has 116 valence electrons. The number of aryl methyl sites for hydroxylation is 1. The predicted molar refractivity (Wildman–Crippen MR) is 86.0 cm³/mol. The normalized spacial score (nSPS) is 14.2. The molecule has 0 unspecified atom stereocenters. The summed E-state index contributed by atoms with van der Waals surface area (Å²) in [5.74, 6) is 1.28. The van der Waals surface area contributed by atoms with Crippen LogP contribution in [0.1, 0.15) is 28.2 Å². The van der Waals surface area contributed by atoms with Crippen molar-refractivity contribution in [1.82, 2.24) is 24.8 Å². The third kappa shape index (κ3) is 2.63. The highest BCUT2D eigenvalue weighted by atomic mass is 16.1. The van der Waals surface area contributed by atoms with Crippen molar-refractivity contribution in [3.05, 3.63) is 59.7 Å². The molecule has 0 atom stereocenters. The van der Waals surface area contributed by atoms with Gasteiger partial charge in [-0.2, -0.15) is 0 Å². The van der Waals surface area contributed by atoms with Gasteiger partial charge in [-0.05, 0) is 18.4 Å². The van der Waals surface area contributed by atoms with E-state index in [9.17, 15) is 4.79 Å². The van der Waals surface area contributed by atoms with Gasteiger partial charge < -0.3 is 14.9 Å². The summed E-state index contributed by atoms with van der Waals surface area (Å²) in [4.78, 5) is 24.2. The van der Waals surface area contributed by atoms with Gasteiger partial charge in [0, 0.05) is 31.2 Å². The van der Waals surface area contributed by atoms with Crippen molar-refractivity contribution in [2.24, 2.45) is 0 Å². The molecule has 0 saturated carbocycles. The number of hydrogen-bond acceptors (Lipinski definition) is 3. The first-order valence-corrected chi connectivity index (χ1v) is 7.74. The number of H-pyrrole nitrogens is 1. The van der Waals surface area contributed by atoms with Crippen molar-refractivity contribution >= 4 is 5.91 Å². The summed E-state index contributed by atoms with van der Waals surface area (Å²) in [6.07, 6.45) is 5.42. The Hall–Kier alpha value is -2.89. The van der Waals surface area contributed by atoms with Crippen molar-refractivity contribution in [1.29, 1.82) is 0 Å². The summed E-state index contributed by atoms with van der Waals surface area (Å²) < 4.78 is 2.03. The minimum Gasteiger partial charge on any atom is -0.351 e. The molecule has 6 heteroatoms. The molecular weight excluding hydrogens is 290 g/mol. The van der Waals surface area contributed by atoms with Crippen LogP contribution in [0.25, 0.3) is 11.6 Å². The second-order valence-corrected chi connectivity index (χ2v) is 5.64. The molecule has 6 nitrogen and oxygen atoms in total. The topological polar surface area (TPSA) is 75.6 Å². The molecule has 1 aliphatic rings. The Labute approximate surface area is 133 Å². The maximum absolute atomic E-state index is 12.0. The molecule has 0 saturated heterocycles. The van der Waals surface area contributed by atoms with Gasteiger partial charge in [0.2, 0.25) is 0 Å². The second-order valence-electron chi connectivity index (χ2n) is 5.64. The minimum atomic E-state index is -0.110. The number of carbonyl (C=O) groups is 1. The monoisotopic (exact) mass is 307 g/mol. The number of imidazole rings is 2. The lowest BCUT2D eigenvalue weighted by Crippen LogP contribution is -2.23. The van der Waals surface area contributed by atoms with E-state index in [0.29, 0.717) is 24.6 Å². The number of aromatic nitrogens is 4. The lowest BCUT2D eigenvalue weighted by atomic mass is 10.2. The number of aromatic amines is 1. The van der Waals surface area contributed by atoms with Crippen LogP contribution < -0.4 is 5.32 Å². The average Bonchev–Trinajstić information content (AvgIpc) is 3.15. The van der Waals surface area contributed by atoms with E-state index >= 15 is 0 Å². The molecule has 23 heavy (non-hydrogen) atoms. The molecule has 0 spiro atoms. The van der Waals surface area contributed by atoms with Gasteiger partial charge in [-0.25, -0.2) is 9.97 Å². The zero-order chi connectivity index (χ0) is 15.6. The molecule has 1 amide bonds. The fourth-order valence-electron chi connectivity index (χ4n) is 2.87. The van der Waals surface area contributed by atoms with Crippen molar-refractivity contribution in [2.75, 3.05) is 6.54 Å². The highest BCUT2D eigenvalue weighted by molar-refractivity contribution is 5.94. The summed E-state index contributed by atoms with van der Waals surface area (Å²) in [6, 6.07) is 10.2. The Morgan fingerprint density at radius 2 is 2.09 bits per heavy atom. The van der Waals surface area contributed by atoms with E-state index in [4.69, 9.17) is 0 Å². The largest absolute Gasteiger partial charge is 0.351 e. The lowest BCUT2D eigenvalue weighted by molar-refractivity contribution is 0.0951. The Balaban J connectivity index is 1.68. The van der Waals surface area contributed by atoms with Gasteiger partial charge in [-0.3, -0.25) is 4.79 Å². The first-order chi connectivity index (χ1) is 11.3. The number of amides is 1. The van der Waals surface area contributed by atoms with Crippen LogP contribution in [0.15, 0.2) is 42.7 Å². The van der Waals surface area contributed by atoms with Crippen LogP contribution >= 0.6 is 0 Å². The van der Waals surface area contributed by atoms with E-state index in [1.165, 1.54) is 5.56 Å². The maximum Gasteiger partial charge on any atom is 0.271 e. The minimum absolute atomic E-state index is 0.110. The Morgan fingerprint density at radius 3 is 2.96 bits per heavy atom. The van der Waals surface area contributed by atoms with Crippen LogP contribution in [0.2, 0.25) is 0 Å². The third-order valence-corrected chi connectivity index (χ3v) is 4.01. The van der Waals surface area contributed by atoms with Crippen molar-refractivity contribution in [2.45, 2.75) is 19.4 Å². The zero-order valence-corrected chi connectivity index (χ0v) is 12.6. The quantitative estimate of drug-likeness (QED) is 0.777. The number of hydrogen-bond donors (Lipinski definition) is 2. The van der Waals surface area contributed by atoms with Crippen LogP contribution in [0.3, 0.4) is 0 Å². The van der Waals surface area contributed by atoms with E-state index < -0.39 is 0 Å². The molecule has 4 rings (SSSR count). The number of rotatable bonds is 3. The van der Waals surface area contributed by atoms with E-state index in [2.05, 4.69) is 32.4 Å². The zero-order valence-electron chi connectivity index (χ0n) is 12.6. The van der Waals surface area contributed by atoms with Crippen LogP contribution in [0.5, 0.6) is 0 Å². The van der Waals surface area contributed by atoms with Gasteiger partial charge in [-0.15, -0.1) is 0 Å². The van der Waals surface area contributed by atoms with Gasteiger partial charge in [0.25, 0.3) is 5.91 Å². The maximum atomic E-state index is 12.0. The summed E-state index contributed by atoms with van der Waals surface area (Å²) in [5, 5.41) is 2.87. The van der Waals surface area contributed by atoms with Gasteiger partial charge >= 0.3 is 0 Å². The van der Waals surface area contributed by atoms with Gasteiger partial charge in [0.05, 0.1) is 0 Å². The summed E-state index contributed by atoms with van der Waals surface area (Å²) >= 11 is 0. The Bertz CT molecular complexity index is 834. The summed E-state index contributed by atoms with van der Waals surface area (Å²) in [5.41, 5.74) is 2.58. The van der Waals surface area contributed by atoms with E-state index in [1.807, 2.05) is 29.0 Å². The lowest BCUT2D eigenvalue weighted by Gasteiger charge is -2.06. The van der Waals surface area contributed by atoms with Crippen molar-refractivity contribution < 1.29 is 4.79 Å². The average molecular weight is 307 g/mol. The molecule has 1 aromatic carbocycles. The van der Waals surface area contributed by atoms with Crippen molar-refractivity contribution in [3.63, 3.8) is 0 Å². The Morgan fingerprint density at radius 1 is 1.22 bits per heavy atom. The molecule has 3 heterocycles. The third-order valence-electron chi connectivity index (χ3n) is 4.01. The molecule has 0 aliphatic carbocycles. The number of nitrogens with one attached hydrogen (secondary N) is 2. The first-order valence-electron chi connectivity index (χ1n) is 7.74. The van der Waals surface area contributed by atoms with Crippen LogP contribution in [0, 0.1) is 0 Å². The fraction of sp³-hybridized carbons (Fsp3) is 0.235. The smallest absolute Gasteiger partial charge is 0.271 e. The van der Waals surface area contributed by atoms with E-state index in [1.54, 1.807) is 6.20 Å².